The van der Waals surface area contributed by atoms with Crippen LogP contribution in [0, 0.1) is 0 Å². The van der Waals surface area contributed by atoms with Crippen molar-refractivity contribution in [1.29, 1.82) is 0 Å². The van der Waals surface area contributed by atoms with Gasteiger partial charge in [0.05, 0.1) is 11.1 Å². The smallest absolute Gasteiger partial charge is 0.342 e. The number of ether oxygens (including phenoxy) is 4. The van der Waals surface area contributed by atoms with Crippen molar-refractivity contribution < 1.29 is 28.5 Å². The summed E-state index contributed by atoms with van der Waals surface area (Å²) >= 11 is 0. The van der Waals surface area contributed by atoms with E-state index in [0.717, 1.165) is 0 Å². The molecular formula is C26H26O6. The highest BCUT2D eigenvalue weighted by atomic mass is 16.7. The summed E-state index contributed by atoms with van der Waals surface area (Å²) in [5.41, 5.74) is 0.198. The summed E-state index contributed by atoms with van der Waals surface area (Å²) in [4.78, 5) is 25.7. The second-order valence-corrected chi connectivity index (χ2v) is 6.89. The highest BCUT2D eigenvalue weighted by molar-refractivity contribution is 6.03. The Balaban J connectivity index is 1.69. The molecule has 6 heteroatoms. The molecule has 2 unspecified atom stereocenters. The van der Waals surface area contributed by atoms with E-state index in [0.29, 0.717) is 24.3 Å². The van der Waals surface area contributed by atoms with Crippen LogP contribution in [0.5, 0.6) is 11.5 Å². The lowest BCUT2D eigenvalue weighted by atomic mass is 10.1. The number of rotatable bonds is 10. The summed E-state index contributed by atoms with van der Waals surface area (Å²) in [7, 11) is 0. The van der Waals surface area contributed by atoms with Gasteiger partial charge in [-0.05, 0) is 36.4 Å². The number of benzene rings is 3. The van der Waals surface area contributed by atoms with Crippen molar-refractivity contribution in [3.05, 3.63) is 96.1 Å². The van der Waals surface area contributed by atoms with Gasteiger partial charge in [-0.3, -0.25) is 0 Å². The van der Waals surface area contributed by atoms with E-state index in [1.807, 2.05) is 50.2 Å². The molecule has 0 saturated heterocycles. The van der Waals surface area contributed by atoms with Gasteiger partial charge in [-0.1, -0.05) is 62.4 Å². The largest absolute Gasteiger partial charge is 0.455 e. The minimum atomic E-state index is -0.793. The van der Waals surface area contributed by atoms with Gasteiger partial charge in [0.25, 0.3) is 0 Å². The Kier molecular flexibility index (Phi) is 8.26. The Bertz CT molecular complexity index is 921. The predicted octanol–water partition coefficient (Wildman–Crippen LogP) is 5.63. The fourth-order valence-corrected chi connectivity index (χ4v) is 2.89. The van der Waals surface area contributed by atoms with E-state index in [-0.39, 0.29) is 11.1 Å². The third-order valence-electron chi connectivity index (χ3n) is 4.53. The van der Waals surface area contributed by atoms with Gasteiger partial charge in [0.2, 0.25) is 12.6 Å². The Morgan fingerprint density at radius 1 is 0.594 bits per heavy atom. The van der Waals surface area contributed by atoms with Crippen molar-refractivity contribution in [2.75, 3.05) is 0 Å². The van der Waals surface area contributed by atoms with E-state index >= 15 is 0 Å². The monoisotopic (exact) mass is 434 g/mol. The minimum absolute atomic E-state index is 0.0992. The van der Waals surface area contributed by atoms with E-state index < -0.39 is 24.5 Å². The van der Waals surface area contributed by atoms with Crippen LogP contribution in [-0.2, 0) is 9.47 Å². The quantitative estimate of drug-likeness (QED) is 0.304. The van der Waals surface area contributed by atoms with E-state index in [4.69, 9.17) is 18.9 Å². The van der Waals surface area contributed by atoms with E-state index in [9.17, 15) is 9.59 Å². The molecule has 3 aromatic carbocycles. The number of esters is 2. The van der Waals surface area contributed by atoms with Crippen molar-refractivity contribution in [2.24, 2.45) is 0 Å². The molecule has 3 rings (SSSR count). The molecule has 0 bridgehead atoms. The van der Waals surface area contributed by atoms with Gasteiger partial charge in [0.15, 0.2) is 0 Å². The maximum Gasteiger partial charge on any atom is 0.342 e. The van der Waals surface area contributed by atoms with Crippen LogP contribution in [0.1, 0.15) is 47.4 Å². The van der Waals surface area contributed by atoms with Gasteiger partial charge >= 0.3 is 11.9 Å². The molecule has 0 aromatic heterocycles. The Hall–Kier alpha value is -3.80. The minimum Gasteiger partial charge on any atom is -0.455 e. The van der Waals surface area contributed by atoms with Crippen LogP contribution in [0.15, 0.2) is 84.9 Å². The molecule has 0 radical (unpaired) electrons. The highest BCUT2D eigenvalue weighted by Gasteiger charge is 2.24. The van der Waals surface area contributed by atoms with Crippen LogP contribution in [0.2, 0.25) is 0 Å². The Morgan fingerprint density at radius 2 is 0.938 bits per heavy atom. The molecule has 0 aliphatic rings. The summed E-state index contributed by atoms with van der Waals surface area (Å²) in [6.07, 6.45) is -0.704. The molecule has 0 aliphatic heterocycles. The van der Waals surface area contributed by atoms with Crippen molar-refractivity contribution in [1.82, 2.24) is 0 Å². The van der Waals surface area contributed by atoms with Crippen LogP contribution >= 0.6 is 0 Å². The van der Waals surface area contributed by atoms with E-state index in [2.05, 4.69) is 0 Å². The lowest BCUT2D eigenvalue weighted by molar-refractivity contribution is -0.0532. The van der Waals surface area contributed by atoms with Gasteiger partial charge in [-0.25, -0.2) is 9.59 Å². The van der Waals surface area contributed by atoms with Crippen molar-refractivity contribution in [3.63, 3.8) is 0 Å². The Labute approximate surface area is 187 Å². The molecule has 0 saturated carbocycles. The molecule has 3 aromatic rings. The lowest BCUT2D eigenvalue weighted by Gasteiger charge is -2.20. The first-order valence-electron chi connectivity index (χ1n) is 10.5. The van der Waals surface area contributed by atoms with E-state index in [1.165, 1.54) is 12.1 Å². The molecule has 0 aliphatic carbocycles. The Morgan fingerprint density at radius 3 is 1.28 bits per heavy atom. The molecule has 0 fully saturated rings. The number of hydrogen-bond acceptors (Lipinski definition) is 6. The van der Waals surface area contributed by atoms with Crippen LogP contribution in [0.25, 0.3) is 0 Å². The van der Waals surface area contributed by atoms with Crippen LogP contribution in [0.4, 0.5) is 0 Å². The first kappa shape index (κ1) is 22.9. The summed E-state index contributed by atoms with van der Waals surface area (Å²) in [5, 5.41) is 0. The summed E-state index contributed by atoms with van der Waals surface area (Å²) in [5.74, 6) is -0.165. The normalized spacial score (nSPS) is 12.3. The fourth-order valence-electron chi connectivity index (χ4n) is 2.89. The molecule has 2 atom stereocenters. The zero-order valence-electron chi connectivity index (χ0n) is 18.1. The third kappa shape index (κ3) is 6.35. The molecule has 0 heterocycles. The molecule has 0 N–H and O–H groups in total. The maximum atomic E-state index is 12.8. The molecule has 0 spiro atoms. The molecule has 0 amide bonds. The van der Waals surface area contributed by atoms with Gasteiger partial charge in [-0.15, -0.1) is 0 Å². The standard InChI is InChI=1S/C26H26O6/c1-3-23(29-19-13-7-5-8-14-19)31-25(27)21-17-11-12-18-22(21)26(28)32-24(4-2)30-20-15-9-6-10-16-20/h5-18,23-24H,3-4H2,1-2H3. The number of para-hydroxylation sites is 2. The molecule has 166 valence electrons. The maximum absolute atomic E-state index is 12.8. The second kappa shape index (κ2) is 11.6. The predicted molar refractivity (Wildman–Crippen MR) is 120 cm³/mol. The van der Waals surface area contributed by atoms with Gasteiger partial charge in [-0.2, -0.15) is 0 Å². The van der Waals surface area contributed by atoms with Crippen molar-refractivity contribution in [2.45, 2.75) is 39.3 Å². The lowest BCUT2D eigenvalue weighted by Crippen LogP contribution is -2.27. The topological polar surface area (TPSA) is 71.1 Å². The average Bonchev–Trinajstić information content (AvgIpc) is 2.84. The second-order valence-electron chi connectivity index (χ2n) is 6.89. The fraction of sp³-hybridized carbons (Fsp3) is 0.231. The third-order valence-corrected chi connectivity index (χ3v) is 4.53. The first-order chi connectivity index (χ1) is 15.6. The first-order valence-corrected chi connectivity index (χ1v) is 10.5. The summed E-state index contributed by atoms with van der Waals surface area (Å²) in [6, 6.07) is 24.5. The van der Waals surface area contributed by atoms with Crippen LogP contribution in [-0.4, -0.2) is 24.5 Å². The van der Waals surface area contributed by atoms with Crippen molar-refractivity contribution in [3.8, 4) is 11.5 Å². The van der Waals surface area contributed by atoms with E-state index in [1.54, 1.807) is 36.4 Å². The SMILES string of the molecule is CCC(OC(=O)c1ccccc1C(=O)OC(CC)Oc1ccccc1)Oc1ccccc1. The summed E-state index contributed by atoms with van der Waals surface area (Å²) in [6.45, 7) is 3.68. The highest BCUT2D eigenvalue weighted by Crippen LogP contribution is 2.19. The van der Waals surface area contributed by atoms with Gasteiger partial charge in [0.1, 0.15) is 11.5 Å². The summed E-state index contributed by atoms with van der Waals surface area (Å²) < 4.78 is 22.5. The van der Waals surface area contributed by atoms with Crippen LogP contribution < -0.4 is 9.47 Å². The number of hydrogen-bond donors (Lipinski definition) is 0. The van der Waals surface area contributed by atoms with Gasteiger partial charge in [0, 0.05) is 12.8 Å². The molecule has 32 heavy (non-hydrogen) atoms. The number of carbonyl (C=O) groups excluding carboxylic acids is 2. The number of carbonyl (C=O) groups is 2. The molecular weight excluding hydrogens is 408 g/mol. The van der Waals surface area contributed by atoms with Crippen LogP contribution in [0.3, 0.4) is 0 Å². The molecule has 6 nitrogen and oxygen atoms in total. The van der Waals surface area contributed by atoms with Gasteiger partial charge < -0.3 is 18.9 Å². The average molecular weight is 434 g/mol. The van der Waals surface area contributed by atoms with Crippen molar-refractivity contribution >= 4 is 11.9 Å². The zero-order chi connectivity index (χ0) is 22.8. The zero-order valence-corrected chi connectivity index (χ0v) is 18.1.